The van der Waals surface area contributed by atoms with Crippen molar-refractivity contribution in [3.05, 3.63) is 36.7 Å². The van der Waals surface area contributed by atoms with Crippen molar-refractivity contribution < 1.29 is 15.0 Å². The Morgan fingerprint density at radius 1 is 1.25 bits per heavy atom. The van der Waals surface area contributed by atoms with Gasteiger partial charge in [-0.1, -0.05) is 12.1 Å². The minimum atomic E-state index is -0.930. The molecule has 0 saturated carbocycles. The number of phenols is 1. The quantitative estimate of drug-likeness (QED) is 0.815. The zero-order valence-electron chi connectivity index (χ0n) is 8.37. The molecule has 0 bridgehead atoms. The van der Waals surface area contributed by atoms with Gasteiger partial charge in [0.05, 0.1) is 6.20 Å². The third-order valence-corrected chi connectivity index (χ3v) is 2.13. The molecule has 0 aliphatic carbocycles. The summed E-state index contributed by atoms with van der Waals surface area (Å²) in [5.41, 5.74) is 1.70. The van der Waals surface area contributed by atoms with Gasteiger partial charge in [-0.3, -0.25) is 9.48 Å². The van der Waals surface area contributed by atoms with E-state index in [1.807, 2.05) is 0 Å². The Morgan fingerprint density at radius 2 is 1.94 bits per heavy atom. The van der Waals surface area contributed by atoms with Crippen LogP contribution in [0, 0.1) is 0 Å². The molecular weight excluding hydrogens is 208 g/mol. The molecule has 82 valence electrons. The standard InChI is InChI=1S/C11H10N2O3/c14-10-3-1-8(2-4-10)9-5-12-13(6-9)7-11(15)16/h1-6,14H,7H2,(H,15,16). The molecule has 2 N–H and O–H groups in total. The fraction of sp³-hybridized carbons (Fsp3) is 0.0909. The largest absolute Gasteiger partial charge is 0.508 e. The Kier molecular flexibility index (Phi) is 2.59. The van der Waals surface area contributed by atoms with Crippen molar-refractivity contribution in [1.82, 2.24) is 9.78 Å². The zero-order chi connectivity index (χ0) is 11.5. The Bertz CT molecular complexity index is 502. The van der Waals surface area contributed by atoms with Crippen molar-refractivity contribution in [1.29, 1.82) is 0 Å². The summed E-state index contributed by atoms with van der Waals surface area (Å²) in [6.07, 6.45) is 3.25. The van der Waals surface area contributed by atoms with Crippen molar-refractivity contribution in [2.45, 2.75) is 6.54 Å². The Morgan fingerprint density at radius 3 is 2.56 bits per heavy atom. The molecule has 2 aromatic rings. The monoisotopic (exact) mass is 218 g/mol. The van der Waals surface area contributed by atoms with Gasteiger partial charge in [-0.05, 0) is 17.7 Å². The topological polar surface area (TPSA) is 75.3 Å². The van der Waals surface area contributed by atoms with Gasteiger partial charge < -0.3 is 10.2 Å². The first kappa shape index (κ1) is 10.2. The van der Waals surface area contributed by atoms with Crippen molar-refractivity contribution in [2.75, 3.05) is 0 Å². The lowest BCUT2D eigenvalue weighted by Crippen LogP contribution is -2.08. The summed E-state index contributed by atoms with van der Waals surface area (Å²) in [5, 5.41) is 21.6. The minimum Gasteiger partial charge on any atom is -0.508 e. The van der Waals surface area contributed by atoms with Crippen molar-refractivity contribution >= 4 is 5.97 Å². The van der Waals surface area contributed by atoms with Crippen LogP contribution >= 0.6 is 0 Å². The lowest BCUT2D eigenvalue weighted by atomic mass is 10.1. The molecule has 0 amide bonds. The summed E-state index contributed by atoms with van der Waals surface area (Å²) in [6.45, 7) is -0.155. The van der Waals surface area contributed by atoms with Crippen molar-refractivity contribution in [3.63, 3.8) is 0 Å². The number of carbonyl (C=O) groups is 1. The first-order chi connectivity index (χ1) is 7.65. The van der Waals surface area contributed by atoms with Crippen molar-refractivity contribution in [2.24, 2.45) is 0 Å². The highest BCUT2D eigenvalue weighted by Gasteiger charge is 2.04. The molecule has 0 spiro atoms. The van der Waals surface area contributed by atoms with Crippen LogP contribution in [-0.2, 0) is 11.3 Å². The number of aromatic nitrogens is 2. The van der Waals surface area contributed by atoms with Crippen LogP contribution in [0.25, 0.3) is 11.1 Å². The first-order valence-corrected chi connectivity index (χ1v) is 4.69. The normalized spacial score (nSPS) is 10.2. The minimum absolute atomic E-state index is 0.155. The summed E-state index contributed by atoms with van der Waals surface area (Å²) in [5.74, 6) is -0.734. The number of aliphatic carboxylic acids is 1. The molecule has 0 radical (unpaired) electrons. The van der Waals surface area contributed by atoms with E-state index in [0.717, 1.165) is 11.1 Å². The van der Waals surface area contributed by atoms with Crippen LogP contribution < -0.4 is 0 Å². The maximum Gasteiger partial charge on any atom is 0.325 e. The highest BCUT2D eigenvalue weighted by atomic mass is 16.4. The van der Waals surface area contributed by atoms with Gasteiger partial charge in [0.2, 0.25) is 0 Å². The second-order valence-corrected chi connectivity index (χ2v) is 3.37. The number of rotatable bonds is 3. The molecule has 0 atom stereocenters. The molecule has 5 heteroatoms. The lowest BCUT2D eigenvalue weighted by Gasteiger charge is -1.97. The summed E-state index contributed by atoms with van der Waals surface area (Å²) >= 11 is 0. The number of nitrogens with zero attached hydrogens (tertiary/aromatic N) is 2. The third kappa shape index (κ3) is 2.20. The summed E-state index contributed by atoms with van der Waals surface area (Å²) in [7, 11) is 0. The predicted octanol–water partition coefficient (Wildman–Crippen LogP) is 1.34. The number of carboxylic acid groups (broad SMARTS) is 1. The number of phenolic OH excluding ortho intramolecular Hbond substituents is 1. The van der Waals surface area contributed by atoms with E-state index in [0.29, 0.717) is 0 Å². The smallest absolute Gasteiger partial charge is 0.325 e. The molecule has 16 heavy (non-hydrogen) atoms. The number of hydrogen-bond acceptors (Lipinski definition) is 3. The van der Waals surface area contributed by atoms with Crippen LogP contribution in [0.3, 0.4) is 0 Å². The second-order valence-electron chi connectivity index (χ2n) is 3.37. The van der Waals surface area contributed by atoms with Gasteiger partial charge in [0.1, 0.15) is 12.3 Å². The Hall–Kier alpha value is -2.30. The summed E-state index contributed by atoms with van der Waals surface area (Å²) in [4.78, 5) is 10.5. The van der Waals surface area contributed by atoms with Gasteiger partial charge in [-0.25, -0.2) is 0 Å². The van der Waals surface area contributed by atoms with E-state index in [-0.39, 0.29) is 12.3 Å². The number of hydrogen-bond donors (Lipinski definition) is 2. The lowest BCUT2D eigenvalue weighted by molar-refractivity contribution is -0.137. The van der Waals surface area contributed by atoms with Crippen LogP contribution in [0.15, 0.2) is 36.7 Å². The SMILES string of the molecule is O=C(O)Cn1cc(-c2ccc(O)cc2)cn1. The van der Waals surface area contributed by atoms with E-state index >= 15 is 0 Å². The van der Waals surface area contributed by atoms with E-state index in [2.05, 4.69) is 5.10 Å². The zero-order valence-corrected chi connectivity index (χ0v) is 8.37. The predicted molar refractivity (Wildman–Crippen MR) is 57.0 cm³/mol. The van der Waals surface area contributed by atoms with E-state index in [1.54, 1.807) is 36.7 Å². The fourth-order valence-electron chi connectivity index (χ4n) is 1.39. The van der Waals surface area contributed by atoms with Gasteiger partial charge in [-0.2, -0.15) is 5.10 Å². The van der Waals surface area contributed by atoms with E-state index in [9.17, 15) is 4.79 Å². The molecular formula is C11H10N2O3. The van der Waals surface area contributed by atoms with Crippen molar-refractivity contribution in [3.8, 4) is 16.9 Å². The van der Waals surface area contributed by atoms with Crippen LogP contribution in [0.4, 0.5) is 0 Å². The molecule has 1 aromatic heterocycles. The van der Waals surface area contributed by atoms with Gasteiger partial charge in [-0.15, -0.1) is 0 Å². The van der Waals surface area contributed by atoms with E-state index < -0.39 is 5.97 Å². The number of benzene rings is 1. The molecule has 0 unspecified atom stereocenters. The van der Waals surface area contributed by atoms with E-state index in [4.69, 9.17) is 10.2 Å². The average Bonchev–Trinajstić information content (AvgIpc) is 2.66. The number of aromatic hydroxyl groups is 1. The molecule has 1 heterocycles. The van der Waals surface area contributed by atoms with Crippen LogP contribution in [0.2, 0.25) is 0 Å². The van der Waals surface area contributed by atoms with E-state index in [1.165, 1.54) is 4.68 Å². The average molecular weight is 218 g/mol. The summed E-state index contributed by atoms with van der Waals surface area (Å²) in [6, 6.07) is 6.64. The van der Waals surface area contributed by atoms with Crippen LogP contribution in [0.5, 0.6) is 5.75 Å². The molecule has 0 aliphatic rings. The van der Waals surface area contributed by atoms with Gasteiger partial charge in [0, 0.05) is 11.8 Å². The third-order valence-electron chi connectivity index (χ3n) is 2.13. The second kappa shape index (κ2) is 4.06. The Labute approximate surface area is 91.6 Å². The molecule has 1 aromatic carbocycles. The highest BCUT2D eigenvalue weighted by Crippen LogP contribution is 2.20. The molecule has 0 fully saturated rings. The Balaban J connectivity index is 2.24. The molecule has 2 rings (SSSR count). The van der Waals surface area contributed by atoms with Gasteiger partial charge in [0.25, 0.3) is 0 Å². The molecule has 0 aliphatic heterocycles. The maximum absolute atomic E-state index is 10.5. The molecule has 0 saturated heterocycles. The van der Waals surface area contributed by atoms with Gasteiger partial charge in [0.15, 0.2) is 0 Å². The summed E-state index contributed by atoms with van der Waals surface area (Å²) < 4.78 is 1.35. The first-order valence-electron chi connectivity index (χ1n) is 4.69. The van der Waals surface area contributed by atoms with Crippen LogP contribution in [0.1, 0.15) is 0 Å². The maximum atomic E-state index is 10.5. The molecule has 5 nitrogen and oxygen atoms in total. The highest BCUT2D eigenvalue weighted by molar-refractivity contribution is 5.67. The van der Waals surface area contributed by atoms with Gasteiger partial charge >= 0.3 is 5.97 Å². The number of carboxylic acids is 1. The van der Waals surface area contributed by atoms with Crippen LogP contribution in [-0.4, -0.2) is 26.0 Å². The fourth-order valence-corrected chi connectivity index (χ4v) is 1.39.